The molecule has 0 aliphatic heterocycles. The molecule has 0 radical (unpaired) electrons. The van der Waals surface area contributed by atoms with E-state index in [2.05, 4.69) is 31.3 Å². The van der Waals surface area contributed by atoms with Crippen molar-refractivity contribution in [3.63, 3.8) is 0 Å². The monoisotopic (exact) mass is 463 g/mol. The predicted molar refractivity (Wildman–Crippen MR) is 106 cm³/mol. The molecule has 10 heteroatoms. The highest BCUT2D eigenvalue weighted by Crippen LogP contribution is 2.21. The van der Waals surface area contributed by atoms with Gasteiger partial charge in [-0.2, -0.15) is 0 Å². The number of rotatable bonds is 11. The van der Waals surface area contributed by atoms with Gasteiger partial charge in [0.15, 0.2) is 0 Å². The maximum Gasteiger partial charge on any atom is 0.252 e. The van der Waals surface area contributed by atoms with Crippen molar-refractivity contribution < 1.29 is 22.7 Å². The van der Waals surface area contributed by atoms with Crippen molar-refractivity contribution in [1.29, 1.82) is 0 Å². The van der Waals surface area contributed by atoms with Crippen LogP contribution in [0.1, 0.15) is 37.0 Å². The van der Waals surface area contributed by atoms with Crippen molar-refractivity contribution in [3.8, 4) is 0 Å². The third-order valence-corrected chi connectivity index (χ3v) is 5.90. The predicted octanol–water partition coefficient (Wildman–Crippen LogP) is 1.41. The Kier molecular flexibility index (Phi) is 9.92. The van der Waals surface area contributed by atoms with Gasteiger partial charge < -0.3 is 15.4 Å². The van der Waals surface area contributed by atoms with Gasteiger partial charge >= 0.3 is 0 Å². The minimum Gasteiger partial charge on any atom is -0.383 e. The molecule has 27 heavy (non-hydrogen) atoms. The molecule has 1 atom stereocenters. The first-order valence-electron chi connectivity index (χ1n) is 8.57. The zero-order chi connectivity index (χ0) is 20.4. The quantitative estimate of drug-likeness (QED) is 0.429. The molecule has 1 aromatic carbocycles. The first kappa shape index (κ1) is 23.5. The van der Waals surface area contributed by atoms with E-state index in [0.717, 1.165) is 6.42 Å². The van der Waals surface area contributed by atoms with Crippen LogP contribution in [0.15, 0.2) is 27.6 Å². The van der Waals surface area contributed by atoms with Crippen LogP contribution in [0.25, 0.3) is 0 Å². The van der Waals surface area contributed by atoms with Gasteiger partial charge in [0.25, 0.3) is 5.91 Å². The van der Waals surface area contributed by atoms with Gasteiger partial charge in [0.2, 0.25) is 15.9 Å². The van der Waals surface area contributed by atoms with Crippen LogP contribution in [0.4, 0.5) is 0 Å². The molecule has 0 fully saturated rings. The van der Waals surface area contributed by atoms with Gasteiger partial charge in [-0.1, -0.05) is 6.92 Å². The fourth-order valence-electron chi connectivity index (χ4n) is 2.04. The highest BCUT2D eigenvalue weighted by atomic mass is 79.9. The van der Waals surface area contributed by atoms with E-state index in [1.165, 1.54) is 25.3 Å². The molecule has 0 spiro atoms. The largest absolute Gasteiger partial charge is 0.383 e. The second-order valence-corrected chi connectivity index (χ2v) is 8.54. The topological polar surface area (TPSA) is 114 Å². The zero-order valence-electron chi connectivity index (χ0n) is 15.7. The van der Waals surface area contributed by atoms with Crippen molar-refractivity contribution in [2.75, 3.05) is 26.8 Å². The van der Waals surface area contributed by atoms with Crippen molar-refractivity contribution in [1.82, 2.24) is 15.4 Å². The summed E-state index contributed by atoms with van der Waals surface area (Å²) in [6, 6.07) is 4.26. The summed E-state index contributed by atoms with van der Waals surface area (Å²) in [4.78, 5) is 24.1. The number of hydrogen-bond donors (Lipinski definition) is 3. The van der Waals surface area contributed by atoms with E-state index >= 15 is 0 Å². The fourth-order valence-corrected chi connectivity index (χ4v) is 3.51. The van der Waals surface area contributed by atoms with Crippen molar-refractivity contribution in [2.24, 2.45) is 0 Å². The molecular weight excluding hydrogens is 438 g/mol. The number of amides is 2. The molecule has 0 aliphatic rings. The molecule has 0 aliphatic carbocycles. The standard InChI is InChI=1S/C17H26BrN3O5S/c1-4-12(2)21-16(22)7-8-19-17(23)14-11-13(5-6-15(14)18)27(24,25)20-9-10-26-3/h5-6,11-12,20H,4,7-10H2,1-3H3,(H,19,23)(H,21,22). The molecule has 3 N–H and O–H groups in total. The van der Waals surface area contributed by atoms with Gasteiger partial charge in [0.1, 0.15) is 0 Å². The summed E-state index contributed by atoms with van der Waals surface area (Å²) in [7, 11) is -2.28. The van der Waals surface area contributed by atoms with Crippen LogP contribution in [0, 0.1) is 0 Å². The van der Waals surface area contributed by atoms with E-state index in [0.29, 0.717) is 4.47 Å². The van der Waals surface area contributed by atoms with Crippen molar-refractivity contribution in [2.45, 2.75) is 37.6 Å². The lowest BCUT2D eigenvalue weighted by molar-refractivity contribution is -0.121. The number of carbonyl (C=O) groups excluding carboxylic acids is 2. The number of ether oxygens (including phenoxy) is 1. The lowest BCUT2D eigenvalue weighted by atomic mass is 10.2. The van der Waals surface area contributed by atoms with Gasteiger partial charge in [-0.25, -0.2) is 13.1 Å². The Bertz CT molecular complexity index is 755. The third-order valence-electron chi connectivity index (χ3n) is 3.75. The summed E-state index contributed by atoms with van der Waals surface area (Å²) in [6.45, 7) is 4.38. The minimum absolute atomic E-state index is 0.0264. The lowest BCUT2D eigenvalue weighted by Gasteiger charge is -2.12. The molecule has 0 bridgehead atoms. The van der Waals surface area contributed by atoms with Crippen LogP contribution in [0.3, 0.4) is 0 Å². The Morgan fingerprint density at radius 1 is 1.26 bits per heavy atom. The number of carbonyl (C=O) groups is 2. The van der Waals surface area contributed by atoms with Crippen LogP contribution < -0.4 is 15.4 Å². The maximum atomic E-state index is 12.4. The third kappa shape index (κ3) is 7.96. The second-order valence-electron chi connectivity index (χ2n) is 5.91. The minimum atomic E-state index is -3.75. The number of halogens is 1. The van der Waals surface area contributed by atoms with Crippen LogP contribution in [0.5, 0.6) is 0 Å². The number of hydrogen-bond acceptors (Lipinski definition) is 5. The van der Waals surface area contributed by atoms with Crippen molar-refractivity contribution in [3.05, 3.63) is 28.2 Å². The highest BCUT2D eigenvalue weighted by molar-refractivity contribution is 9.10. The molecule has 2 amide bonds. The van der Waals surface area contributed by atoms with Gasteiger partial charge in [-0.3, -0.25) is 9.59 Å². The average molecular weight is 464 g/mol. The summed E-state index contributed by atoms with van der Waals surface area (Å²) in [5, 5.41) is 5.44. The maximum absolute atomic E-state index is 12.4. The molecule has 0 aromatic heterocycles. The molecule has 0 saturated carbocycles. The molecule has 1 unspecified atom stereocenters. The van der Waals surface area contributed by atoms with E-state index in [1.54, 1.807) is 0 Å². The Labute approximate surface area is 168 Å². The number of benzene rings is 1. The fraction of sp³-hybridized carbons (Fsp3) is 0.529. The summed E-state index contributed by atoms with van der Waals surface area (Å²) < 4.78 is 32.2. The number of methoxy groups -OCH3 is 1. The Hall–Kier alpha value is -1.49. The van der Waals surface area contributed by atoms with Crippen LogP contribution >= 0.6 is 15.9 Å². The van der Waals surface area contributed by atoms with Gasteiger partial charge in [0.05, 0.1) is 17.1 Å². The molecule has 8 nitrogen and oxygen atoms in total. The lowest BCUT2D eigenvalue weighted by Crippen LogP contribution is -2.35. The molecule has 152 valence electrons. The highest BCUT2D eigenvalue weighted by Gasteiger charge is 2.18. The first-order valence-corrected chi connectivity index (χ1v) is 10.8. The Balaban J connectivity index is 2.73. The molecule has 1 rings (SSSR count). The van der Waals surface area contributed by atoms with E-state index < -0.39 is 15.9 Å². The van der Waals surface area contributed by atoms with Crippen LogP contribution in [-0.4, -0.2) is 53.1 Å². The number of nitrogens with one attached hydrogen (secondary N) is 3. The molecule has 0 heterocycles. The van der Waals surface area contributed by atoms with E-state index in [4.69, 9.17) is 4.74 Å². The van der Waals surface area contributed by atoms with Crippen LogP contribution in [-0.2, 0) is 19.6 Å². The Morgan fingerprint density at radius 3 is 2.59 bits per heavy atom. The normalized spacial score (nSPS) is 12.4. The van der Waals surface area contributed by atoms with Gasteiger partial charge in [-0.05, 0) is 47.5 Å². The van der Waals surface area contributed by atoms with E-state index in [9.17, 15) is 18.0 Å². The molecule has 0 saturated heterocycles. The summed E-state index contributed by atoms with van der Waals surface area (Å²) in [5.41, 5.74) is 0.173. The summed E-state index contributed by atoms with van der Waals surface area (Å²) >= 11 is 3.25. The number of sulfonamides is 1. The smallest absolute Gasteiger partial charge is 0.252 e. The SMILES string of the molecule is CCC(C)NC(=O)CCNC(=O)c1cc(S(=O)(=O)NCCOC)ccc1Br. The van der Waals surface area contributed by atoms with Gasteiger partial charge in [-0.15, -0.1) is 0 Å². The van der Waals surface area contributed by atoms with E-state index in [-0.39, 0.29) is 48.5 Å². The second kappa shape index (κ2) is 11.4. The molecule has 1 aromatic rings. The summed E-state index contributed by atoms with van der Waals surface area (Å²) in [5.74, 6) is -0.616. The van der Waals surface area contributed by atoms with E-state index in [1.807, 2.05) is 13.8 Å². The molecular formula is C17H26BrN3O5S. The van der Waals surface area contributed by atoms with Crippen LogP contribution in [0.2, 0.25) is 0 Å². The van der Waals surface area contributed by atoms with Gasteiger partial charge in [0, 0.05) is 37.1 Å². The first-order chi connectivity index (χ1) is 12.7. The Morgan fingerprint density at radius 2 is 1.96 bits per heavy atom. The zero-order valence-corrected chi connectivity index (χ0v) is 18.1. The summed E-state index contributed by atoms with van der Waals surface area (Å²) in [6.07, 6.45) is 0.967. The average Bonchev–Trinajstić information content (AvgIpc) is 2.61. The van der Waals surface area contributed by atoms with Crippen molar-refractivity contribution >= 4 is 37.8 Å².